The van der Waals surface area contributed by atoms with Crippen LogP contribution in [0.3, 0.4) is 0 Å². The van der Waals surface area contributed by atoms with E-state index in [-0.39, 0.29) is 17.8 Å². The number of halogens is 4. The summed E-state index contributed by atoms with van der Waals surface area (Å²) in [5, 5.41) is 8.56. The molecule has 0 saturated heterocycles. The van der Waals surface area contributed by atoms with Crippen molar-refractivity contribution in [3.63, 3.8) is 0 Å². The molecule has 17 heavy (non-hydrogen) atoms. The summed E-state index contributed by atoms with van der Waals surface area (Å²) in [6.45, 7) is 0. The van der Waals surface area contributed by atoms with Gasteiger partial charge in [0.15, 0.2) is 17.5 Å². The topological polar surface area (TPSA) is 75.7 Å². The zero-order valence-corrected chi connectivity index (χ0v) is 8.93. The molecule has 8 heteroatoms. The Bertz CT molecular complexity index is 506. The molecule has 3 N–H and O–H groups in total. The second-order valence-corrected chi connectivity index (χ2v) is 3.19. The van der Waals surface area contributed by atoms with Crippen LogP contribution >= 0.6 is 11.6 Å². The lowest BCUT2D eigenvalue weighted by Crippen LogP contribution is -2.13. The SMILES string of the molecule is NC(CCl)=Nc1c(F)c(F)cc(C(=O)O)c1F. The molecule has 0 aliphatic carbocycles. The van der Waals surface area contributed by atoms with Crippen molar-refractivity contribution in [3.8, 4) is 0 Å². The maximum Gasteiger partial charge on any atom is 0.338 e. The van der Waals surface area contributed by atoms with Crippen LogP contribution in [-0.2, 0) is 0 Å². The number of amidine groups is 1. The van der Waals surface area contributed by atoms with E-state index in [9.17, 15) is 18.0 Å². The third kappa shape index (κ3) is 2.68. The quantitative estimate of drug-likeness (QED) is 0.380. The van der Waals surface area contributed by atoms with Crippen molar-refractivity contribution in [2.45, 2.75) is 0 Å². The number of alkyl halides is 1. The Morgan fingerprint density at radius 1 is 1.41 bits per heavy atom. The predicted octanol–water partition coefficient (Wildman–Crippen LogP) is 2.03. The van der Waals surface area contributed by atoms with Crippen LogP contribution in [-0.4, -0.2) is 22.8 Å². The van der Waals surface area contributed by atoms with E-state index in [1.54, 1.807) is 0 Å². The van der Waals surface area contributed by atoms with Crippen LogP contribution in [0.2, 0.25) is 0 Å². The van der Waals surface area contributed by atoms with E-state index in [1.807, 2.05) is 0 Å². The van der Waals surface area contributed by atoms with E-state index in [4.69, 9.17) is 22.4 Å². The molecule has 0 heterocycles. The van der Waals surface area contributed by atoms with Gasteiger partial charge in [0.25, 0.3) is 0 Å². The molecule has 0 aromatic heterocycles. The van der Waals surface area contributed by atoms with Gasteiger partial charge < -0.3 is 10.8 Å². The lowest BCUT2D eigenvalue weighted by Gasteiger charge is -2.05. The Kier molecular flexibility index (Phi) is 3.95. The van der Waals surface area contributed by atoms with E-state index in [2.05, 4.69) is 4.99 Å². The summed E-state index contributed by atoms with van der Waals surface area (Å²) in [5.41, 5.74) is 2.99. The van der Waals surface area contributed by atoms with Crippen molar-refractivity contribution >= 4 is 29.1 Å². The average molecular weight is 267 g/mol. The molecule has 0 amide bonds. The van der Waals surface area contributed by atoms with Gasteiger partial charge in [0.2, 0.25) is 0 Å². The predicted molar refractivity (Wildman–Crippen MR) is 55.3 cm³/mol. The fraction of sp³-hybridized carbons (Fsp3) is 0.111. The van der Waals surface area contributed by atoms with Crippen molar-refractivity contribution in [1.82, 2.24) is 0 Å². The van der Waals surface area contributed by atoms with Crippen LogP contribution in [0.25, 0.3) is 0 Å². The smallest absolute Gasteiger partial charge is 0.338 e. The lowest BCUT2D eigenvalue weighted by molar-refractivity contribution is 0.0691. The number of carboxylic acid groups (broad SMARTS) is 1. The summed E-state index contributed by atoms with van der Waals surface area (Å²) in [5.74, 6) is -7.12. The largest absolute Gasteiger partial charge is 0.478 e. The first-order valence-corrected chi connectivity index (χ1v) is 4.71. The van der Waals surface area contributed by atoms with Crippen LogP contribution in [0.1, 0.15) is 10.4 Å². The summed E-state index contributed by atoms with van der Waals surface area (Å²) in [6.07, 6.45) is 0. The summed E-state index contributed by atoms with van der Waals surface area (Å²) in [6, 6.07) is 0.225. The minimum Gasteiger partial charge on any atom is -0.478 e. The van der Waals surface area contributed by atoms with Crippen LogP contribution in [0.15, 0.2) is 11.1 Å². The van der Waals surface area contributed by atoms with Gasteiger partial charge in [-0.2, -0.15) is 0 Å². The molecule has 0 saturated carbocycles. The molecule has 0 aliphatic heterocycles. The van der Waals surface area contributed by atoms with E-state index >= 15 is 0 Å². The number of aromatic carboxylic acids is 1. The van der Waals surface area contributed by atoms with Crippen LogP contribution in [0, 0.1) is 17.5 Å². The maximum absolute atomic E-state index is 13.5. The first kappa shape index (κ1) is 13.3. The molecule has 0 fully saturated rings. The Morgan fingerprint density at radius 2 is 2.00 bits per heavy atom. The Balaban J connectivity index is 3.53. The number of benzene rings is 1. The highest BCUT2D eigenvalue weighted by molar-refractivity contribution is 6.28. The van der Waals surface area contributed by atoms with Gasteiger partial charge in [-0.15, -0.1) is 11.6 Å². The van der Waals surface area contributed by atoms with Crippen molar-refractivity contribution in [3.05, 3.63) is 29.1 Å². The Morgan fingerprint density at radius 3 is 2.47 bits per heavy atom. The second-order valence-electron chi connectivity index (χ2n) is 2.92. The third-order valence-electron chi connectivity index (χ3n) is 1.76. The van der Waals surface area contributed by atoms with Crippen molar-refractivity contribution in [2.24, 2.45) is 10.7 Å². The fourth-order valence-electron chi connectivity index (χ4n) is 1.02. The molecule has 1 aromatic carbocycles. The van der Waals surface area contributed by atoms with Crippen molar-refractivity contribution in [2.75, 3.05) is 5.88 Å². The lowest BCUT2D eigenvalue weighted by atomic mass is 10.1. The van der Waals surface area contributed by atoms with Crippen molar-refractivity contribution in [1.29, 1.82) is 0 Å². The maximum atomic E-state index is 13.5. The average Bonchev–Trinajstić information content (AvgIpc) is 2.28. The number of carbonyl (C=O) groups is 1. The molecular formula is C9H6ClF3N2O2. The van der Waals surface area contributed by atoms with Gasteiger partial charge in [0.05, 0.1) is 5.88 Å². The van der Waals surface area contributed by atoms with E-state index in [0.29, 0.717) is 0 Å². The number of rotatable bonds is 3. The molecule has 0 unspecified atom stereocenters. The van der Waals surface area contributed by atoms with Gasteiger partial charge in [0.1, 0.15) is 17.1 Å². The molecule has 0 bridgehead atoms. The summed E-state index contributed by atoms with van der Waals surface area (Å²) in [4.78, 5) is 13.7. The van der Waals surface area contributed by atoms with E-state index < -0.39 is 34.7 Å². The number of nitrogens with two attached hydrogens (primary N) is 1. The van der Waals surface area contributed by atoms with Gasteiger partial charge in [-0.05, 0) is 6.07 Å². The summed E-state index contributed by atoms with van der Waals surface area (Å²) in [7, 11) is 0. The first-order valence-electron chi connectivity index (χ1n) is 4.18. The zero-order valence-electron chi connectivity index (χ0n) is 8.18. The standard InChI is InChI=1S/C9H6ClF3N2O2/c10-2-5(14)15-8-6(12)3(9(16)17)1-4(11)7(8)13/h1H,2H2,(H2,14,15)(H,16,17). The van der Waals surface area contributed by atoms with E-state index in [0.717, 1.165) is 0 Å². The molecule has 0 radical (unpaired) electrons. The van der Waals surface area contributed by atoms with Gasteiger partial charge in [-0.25, -0.2) is 23.0 Å². The fourth-order valence-corrected chi connectivity index (χ4v) is 1.08. The molecule has 1 aromatic rings. The molecule has 0 aliphatic rings. The molecule has 0 spiro atoms. The molecule has 4 nitrogen and oxygen atoms in total. The van der Waals surface area contributed by atoms with E-state index in [1.165, 1.54) is 0 Å². The molecule has 0 atom stereocenters. The highest BCUT2D eigenvalue weighted by atomic mass is 35.5. The minimum absolute atomic E-state index is 0.225. The third-order valence-corrected chi connectivity index (χ3v) is 2.03. The highest BCUT2D eigenvalue weighted by Crippen LogP contribution is 2.27. The molecular weight excluding hydrogens is 261 g/mol. The van der Waals surface area contributed by atoms with Gasteiger partial charge in [-0.1, -0.05) is 0 Å². The normalized spacial score (nSPS) is 11.6. The number of aliphatic imine (C=N–C) groups is 1. The van der Waals surface area contributed by atoms with Gasteiger partial charge in [0, 0.05) is 0 Å². The minimum atomic E-state index is -1.75. The number of carboxylic acids is 1. The Hall–Kier alpha value is -1.76. The van der Waals surface area contributed by atoms with Crippen LogP contribution < -0.4 is 5.73 Å². The van der Waals surface area contributed by atoms with Gasteiger partial charge in [-0.3, -0.25) is 0 Å². The van der Waals surface area contributed by atoms with Crippen molar-refractivity contribution < 1.29 is 23.1 Å². The van der Waals surface area contributed by atoms with Crippen LogP contribution in [0.4, 0.5) is 18.9 Å². The monoisotopic (exact) mass is 266 g/mol. The summed E-state index contributed by atoms with van der Waals surface area (Å²) >= 11 is 5.24. The van der Waals surface area contributed by atoms with Crippen LogP contribution in [0.5, 0.6) is 0 Å². The Labute approximate surface area is 98.5 Å². The second kappa shape index (κ2) is 5.05. The van der Waals surface area contributed by atoms with Gasteiger partial charge >= 0.3 is 5.97 Å². The highest BCUT2D eigenvalue weighted by Gasteiger charge is 2.22. The molecule has 92 valence electrons. The first-order chi connectivity index (χ1) is 7.88. The zero-order chi connectivity index (χ0) is 13.2. The summed E-state index contributed by atoms with van der Waals surface area (Å²) < 4.78 is 39.6. The number of nitrogens with zero attached hydrogens (tertiary/aromatic N) is 1. The number of hydrogen-bond acceptors (Lipinski definition) is 2. The molecule has 1 rings (SSSR count). The number of hydrogen-bond donors (Lipinski definition) is 2.